The number of benzene rings is 1. The molecule has 0 saturated heterocycles. The third-order valence-electron chi connectivity index (χ3n) is 2.34. The number of nitrogens with two attached hydrogens (primary N) is 1. The van der Waals surface area contributed by atoms with Crippen molar-refractivity contribution in [3.63, 3.8) is 0 Å². The van der Waals surface area contributed by atoms with Crippen molar-refractivity contribution < 1.29 is 4.39 Å². The molecule has 0 aliphatic carbocycles. The number of hydrogen-bond donors (Lipinski definition) is 1. The summed E-state index contributed by atoms with van der Waals surface area (Å²) in [4.78, 5) is 12.0. The molecule has 0 saturated carbocycles. The maximum atomic E-state index is 12.8. The maximum Gasteiger partial charge on any atom is 0.222 e. The summed E-state index contributed by atoms with van der Waals surface area (Å²) in [6, 6.07) is 5.83. The highest BCUT2D eigenvalue weighted by Gasteiger charge is 2.06. The molecule has 0 aliphatic rings. The number of hydrogen-bond acceptors (Lipinski definition) is 6. The van der Waals surface area contributed by atoms with Gasteiger partial charge in [-0.05, 0) is 24.3 Å². The average Bonchev–Trinajstić information content (AvgIpc) is 2.39. The largest absolute Gasteiger partial charge is 0.368 e. The summed E-state index contributed by atoms with van der Waals surface area (Å²) in [6.45, 7) is 0. The number of halogens is 1. The summed E-state index contributed by atoms with van der Waals surface area (Å²) >= 11 is 0. The normalized spacial score (nSPS) is 10.7. The number of rotatable bonds is 1. The van der Waals surface area contributed by atoms with E-state index in [1.807, 2.05) is 0 Å². The molecule has 0 radical (unpaired) electrons. The van der Waals surface area contributed by atoms with Gasteiger partial charge in [0.05, 0.1) is 6.20 Å². The molecule has 2 aromatic heterocycles. The van der Waals surface area contributed by atoms with Crippen LogP contribution in [0.25, 0.3) is 22.6 Å². The van der Waals surface area contributed by atoms with E-state index in [4.69, 9.17) is 5.73 Å². The molecule has 18 heavy (non-hydrogen) atoms. The molecule has 0 fully saturated rings. The first-order valence-corrected chi connectivity index (χ1v) is 5.11. The Balaban J connectivity index is 2.13. The Morgan fingerprint density at radius 3 is 2.56 bits per heavy atom. The second kappa shape index (κ2) is 3.95. The fourth-order valence-corrected chi connectivity index (χ4v) is 1.48. The first-order chi connectivity index (χ1) is 8.72. The van der Waals surface area contributed by atoms with Crippen LogP contribution in [0, 0.1) is 5.82 Å². The van der Waals surface area contributed by atoms with Crippen LogP contribution in [0.15, 0.2) is 30.5 Å². The molecule has 6 nitrogen and oxygen atoms in total. The molecule has 0 amide bonds. The third-order valence-corrected chi connectivity index (χ3v) is 2.34. The summed E-state index contributed by atoms with van der Waals surface area (Å²) in [5.74, 6) is 0.188. The summed E-state index contributed by atoms with van der Waals surface area (Å²) in [6.07, 6.45) is 1.47. The minimum atomic E-state index is -0.316. The van der Waals surface area contributed by atoms with E-state index in [9.17, 15) is 4.39 Å². The lowest BCUT2D eigenvalue weighted by molar-refractivity contribution is 0.628. The molecule has 0 unspecified atom stereocenters. The van der Waals surface area contributed by atoms with Crippen LogP contribution in [0.3, 0.4) is 0 Å². The van der Waals surface area contributed by atoms with Gasteiger partial charge in [0, 0.05) is 5.56 Å². The Kier molecular flexibility index (Phi) is 2.30. The van der Waals surface area contributed by atoms with E-state index < -0.39 is 0 Å². The molecular weight excluding hydrogens is 235 g/mol. The number of nitrogen functional groups attached to an aromatic ring is 1. The van der Waals surface area contributed by atoms with Crippen LogP contribution in [0.2, 0.25) is 0 Å². The van der Waals surface area contributed by atoms with E-state index in [2.05, 4.69) is 25.1 Å². The average molecular weight is 242 g/mol. The van der Waals surface area contributed by atoms with Gasteiger partial charge < -0.3 is 5.73 Å². The van der Waals surface area contributed by atoms with Crippen molar-refractivity contribution in [1.82, 2.24) is 25.1 Å². The Morgan fingerprint density at radius 1 is 1.00 bits per heavy atom. The van der Waals surface area contributed by atoms with Crippen molar-refractivity contribution in [3.05, 3.63) is 36.3 Å². The molecule has 0 aliphatic heterocycles. The zero-order chi connectivity index (χ0) is 12.5. The van der Waals surface area contributed by atoms with Crippen LogP contribution in [0.4, 0.5) is 10.3 Å². The fraction of sp³-hybridized carbons (Fsp3) is 0. The number of fused-ring (bicyclic) bond motifs is 1. The zero-order valence-corrected chi connectivity index (χ0v) is 9.08. The van der Waals surface area contributed by atoms with Crippen molar-refractivity contribution >= 4 is 17.1 Å². The van der Waals surface area contributed by atoms with Gasteiger partial charge in [0.1, 0.15) is 11.3 Å². The van der Waals surface area contributed by atoms with Gasteiger partial charge in [0.15, 0.2) is 5.82 Å². The summed E-state index contributed by atoms with van der Waals surface area (Å²) in [7, 11) is 0. The van der Waals surface area contributed by atoms with E-state index in [1.165, 1.54) is 18.3 Å². The molecule has 3 rings (SSSR count). The van der Waals surface area contributed by atoms with Crippen LogP contribution in [0.1, 0.15) is 0 Å². The van der Waals surface area contributed by atoms with E-state index in [-0.39, 0.29) is 11.8 Å². The molecule has 7 heteroatoms. The Labute approximate surface area is 101 Å². The highest BCUT2D eigenvalue weighted by atomic mass is 19.1. The predicted molar refractivity (Wildman–Crippen MR) is 62.7 cm³/mol. The SMILES string of the molecule is Nc1ncc2nc(-c3ccc(F)cc3)nnc2n1. The van der Waals surface area contributed by atoms with Crippen molar-refractivity contribution in [1.29, 1.82) is 0 Å². The second-order valence-electron chi connectivity index (χ2n) is 3.58. The van der Waals surface area contributed by atoms with Gasteiger partial charge >= 0.3 is 0 Å². The Hall–Kier alpha value is -2.70. The van der Waals surface area contributed by atoms with Crippen molar-refractivity contribution in [2.75, 3.05) is 5.73 Å². The summed E-state index contributed by atoms with van der Waals surface area (Å²) in [5, 5.41) is 7.82. The molecule has 1 aromatic carbocycles. The zero-order valence-electron chi connectivity index (χ0n) is 9.08. The number of anilines is 1. The Bertz CT molecular complexity index is 712. The van der Waals surface area contributed by atoms with Crippen LogP contribution in [0.5, 0.6) is 0 Å². The lowest BCUT2D eigenvalue weighted by Gasteiger charge is -2.00. The molecule has 2 heterocycles. The molecule has 0 spiro atoms. The molecular formula is C11H7FN6. The van der Waals surface area contributed by atoms with Crippen molar-refractivity contribution in [3.8, 4) is 11.4 Å². The molecule has 0 atom stereocenters. The quantitative estimate of drug-likeness (QED) is 0.689. The van der Waals surface area contributed by atoms with Gasteiger partial charge in [-0.1, -0.05) is 0 Å². The van der Waals surface area contributed by atoms with E-state index in [0.29, 0.717) is 22.6 Å². The predicted octanol–water partition coefficient (Wildman–Crippen LogP) is 1.20. The fourth-order valence-electron chi connectivity index (χ4n) is 1.48. The molecule has 0 bridgehead atoms. The summed E-state index contributed by atoms with van der Waals surface area (Å²) in [5.41, 5.74) is 6.91. The number of aromatic nitrogens is 5. The topological polar surface area (TPSA) is 90.5 Å². The van der Waals surface area contributed by atoms with Crippen molar-refractivity contribution in [2.24, 2.45) is 0 Å². The highest BCUT2D eigenvalue weighted by molar-refractivity contribution is 5.71. The third kappa shape index (κ3) is 1.81. The van der Waals surface area contributed by atoms with Gasteiger partial charge in [-0.3, -0.25) is 0 Å². The lowest BCUT2D eigenvalue weighted by Crippen LogP contribution is -2.00. The van der Waals surface area contributed by atoms with E-state index in [1.54, 1.807) is 12.1 Å². The maximum absolute atomic E-state index is 12.8. The van der Waals surface area contributed by atoms with Gasteiger partial charge in [-0.15, -0.1) is 10.2 Å². The van der Waals surface area contributed by atoms with Crippen LogP contribution in [-0.4, -0.2) is 25.1 Å². The number of nitrogens with zero attached hydrogens (tertiary/aromatic N) is 5. The van der Waals surface area contributed by atoms with Crippen LogP contribution in [-0.2, 0) is 0 Å². The molecule has 3 aromatic rings. The monoisotopic (exact) mass is 242 g/mol. The minimum Gasteiger partial charge on any atom is -0.368 e. The van der Waals surface area contributed by atoms with Crippen molar-refractivity contribution in [2.45, 2.75) is 0 Å². The Morgan fingerprint density at radius 2 is 1.78 bits per heavy atom. The van der Waals surface area contributed by atoms with Gasteiger partial charge in [-0.2, -0.15) is 4.98 Å². The van der Waals surface area contributed by atoms with E-state index in [0.717, 1.165) is 0 Å². The standard InChI is InChI=1S/C11H7FN6/c12-7-3-1-6(2-4-7)9-15-8-5-14-11(13)16-10(8)18-17-9/h1-5H,(H2,13,14,16,18). The molecule has 2 N–H and O–H groups in total. The lowest BCUT2D eigenvalue weighted by atomic mass is 10.2. The van der Waals surface area contributed by atoms with Gasteiger partial charge in [0.25, 0.3) is 0 Å². The first-order valence-electron chi connectivity index (χ1n) is 5.11. The highest BCUT2D eigenvalue weighted by Crippen LogP contribution is 2.16. The minimum absolute atomic E-state index is 0.119. The first kappa shape index (κ1) is 10.5. The van der Waals surface area contributed by atoms with Crippen LogP contribution >= 0.6 is 0 Å². The van der Waals surface area contributed by atoms with E-state index >= 15 is 0 Å². The molecule has 88 valence electrons. The van der Waals surface area contributed by atoms with Gasteiger partial charge in [0.2, 0.25) is 11.6 Å². The second-order valence-corrected chi connectivity index (χ2v) is 3.58. The summed E-state index contributed by atoms with van der Waals surface area (Å²) < 4.78 is 12.8. The van der Waals surface area contributed by atoms with Gasteiger partial charge in [-0.25, -0.2) is 14.4 Å². The smallest absolute Gasteiger partial charge is 0.222 e. The van der Waals surface area contributed by atoms with Crippen LogP contribution < -0.4 is 5.73 Å².